The molecule has 1 N–H and O–H groups in total. The third-order valence-electron chi connectivity index (χ3n) is 5.36. The molecule has 30 heavy (non-hydrogen) atoms. The lowest BCUT2D eigenvalue weighted by molar-refractivity contribution is -0.140. The Morgan fingerprint density at radius 2 is 1.80 bits per heavy atom. The molecule has 5 heteroatoms. The monoisotopic (exact) mass is 410 g/mol. The van der Waals surface area contributed by atoms with Gasteiger partial charge in [0.1, 0.15) is 11.8 Å². The predicted octanol–water partition coefficient (Wildman–Crippen LogP) is 4.19. The van der Waals surface area contributed by atoms with Crippen molar-refractivity contribution in [3.05, 3.63) is 64.7 Å². The smallest absolute Gasteiger partial charge is 0.242 e. The van der Waals surface area contributed by atoms with Gasteiger partial charge in [-0.25, -0.2) is 0 Å². The normalized spacial score (nSPS) is 11.6. The summed E-state index contributed by atoms with van der Waals surface area (Å²) in [5, 5.41) is 2.95. The summed E-state index contributed by atoms with van der Waals surface area (Å²) in [5.74, 6) is 0.585. The van der Waals surface area contributed by atoms with Gasteiger partial charge in [-0.2, -0.15) is 0 Å². The summed E-state index contributed by atoms with van der Waals surface area (Å²) in [7, 11) is 1.62. The van der Waals surface area contributed by atoms with E-state index in [2.05, 4.69) is 12.2 Å². The molecule has 5 nitrogen and oxygen atoms in total. The van der Waals surface area contributed by atoms with Crippen LogP contribution in [-0.2, 0) is 22.6 Å². The minimum atomic E-state index is -0.554. The number of unbranched alkanes of at least 4 members (excludes halogenated alkanes) is 1. The van der Waals surface area contributed by atoms with E-state index in [9.17, 15) is 9.59 Å². The number of methoxy groups -OCH3 is 1. The van der Waals surface area contributed by atoms with Crippen molar-refractivity contribution in [3.63, 3.8) is 0 Å². The van der Waals surface area contributed by atoms with Crippen LogP contribution >= 0.6 is 0 Å². The molecule has 0 saturated carbocycles. The number of benzene rings is 2. The van der Waals surface area contributed by atoms with Crippen molar-refractivity contribution >= 4 is 11.8 Å². The van der Waals surface area contributed by atoms with Crippen molar-refractivity contribution in [2.24, 2.45) is 0 Å². The van der Waals surface area contributed by atoms with Crippen LogP contribution in [0.2, 0.25) is 0 Å². The number of carbonyl (C=O) groups excluding carboxylic acids is 2. The van der Waals surface area contributed by atoms with Crippen LogP contribution in [0.3, 0.4) is 0 Å². The van der Waals surface area contributed by atoms with Gasteiger partial charge in [-0.1, -0.05) is 49.2 Å². The maximum atomic E-state index is 13.3. The Labute approximate surface area is 180 Å². The molecule has 2 aromatic carbocycles. The number of hydrogen-bond acceptors (Lipinski definition) is 3. The highest BCUT2D eigenvalue weighted by atomic mass is 16.5. The fraction of sp³-hybridized carbons (Fsp3) is 0.440. The highest BCUT2D eigenvalue weighted by Crippen LogP contribution is 2.18. The molecule has 2 aromatic rings. The average molecular weight is 411 g/mol. The molecule has 0 saturated heterocycles. The molecule has 0 aliphatic heterocycles. The summed E-state index contributed by atoms with van der Waals surface area (Å²) < 4.78 is 5.22. The van der Waals surface area contributed by atoms with Crippen LogP contribution in [0.4, 0.5) is 0 Å². The van der Waals surface area contributed by atoms with Gasteiger partial charge in [0.15, 0.2) is 0 Å². The Morgan fingerprint density at radius 3 is 2.43 bits per heavy atom. The highest BCUT2D eigenvalue weighted by molar-refractivity contribution is 5.88. The number of carbonyl (C=O) groups is 2. The Kier molecular flexibility index (Phi) is 8.90. The Balaban J connectivity index is 2.22. The van der Waals surface area contributed by atoms with E-state index < -0.39 is 6.04 Å². The molecule has 0 radical (unpaired) electrons. The van der Waals surface area contributed by atoms with Crippen LogP contribution in [0.5, 0.6) is 5.75 Å². The SMILES string of the molecule is CCCCNC(=O)C(C)N(Cc1ccc(OC)cc1)C(=O)Cc1cc(C)ccc1C. The summed E-state index contributed by atoms with van der Waals surface area (Å²) in [5.41, 5.74) is 4.16. The second-order valence-corrected chi connectivity index (χ2v) is 7.80. The maximum Gasteiger partial charge on any atom is 0.242 e. The van der Waals surface area contributed by atoms with E-state index in [4.69, 9.17) is 4.74 Å². The molecule has 0 spiro atoms. The molecule has 2 amide bonds. The minimum Gasteiger partial charge on any atom is -0.497 e. The molecule has 162 valence electrons. The molecule has 0 bridgehead atoms. The number of ether oxygens (including phenoxy) is 1. The third-order valence-corrected chi connectivity index (χ3v) is 5.36. The fourth-order valence-electron chi connectivity index (χ4n) is 3.30. The largest absolute Gasteiger partial charge is 0.497 e. The van der Waals surface area contributed by atoms with Crippen molar-refractivity contribution in [1.82, 2.24) is 10.2 Å². The standard InChI is InChI=1S/C25H34N2O3/c1-6-7-14-26-25(29)20(4)27(17-21-10-12-23(30-5)13-11-21)24(28)16-22-15-18(2)8-9-19(22)3/h8-13,15,20H,6-7,14,16-17H2,1-5H3,(H,26,29). The lowest BCUT2D eigenvalue weighted by atomic mass is 10.0. The predicted molar refractivity (Wildman–Crippen MR) is 121 cm³/mol. The summed E-state index contributed by atoms with van der Waals surface area (Å²) in [6.45, 7) is 8.91. The highest BCUT2D eigenvalue weighted by Gasteiger charge is 2.26. The molecule has 0 aromatic heterocycles. The maximum absolute atomic E-state index is 13.3. The van der Waals surface area contributed by atoms with Gasteiger partial charge in [-0.3, -0.25) is 9.59 Å². The van der Waals surface area contributed by atoms with Crippen molar-refractivity contribution in [3.8, 4) is 5.75 Å². The van der Waals surface area contributed by atoms with Gasteiger partial charge >= 0.3 is 0 Å². The Bertz CT molecular complexity index is 846. The third kappa shape index (κ3) is 6.61. The van der Waals surface area contributed by atoms with Crippen molar-refractivity contribution in [2.45, 2.75) is 59.5 Å². The Hall–Kier alpha value is -2.82. The van der Waals surface area contributed by atoms with E-state index in [0.717, 1.165) is 40.8 Å². The molecular weight excluding hydrogens is 376 g/mol. The minimum absolute atomic E-state index is 0.0577. The van der Waals surface area contributed by atoms with Gasteiger partial charge in [0, 0.05) is 13.1 Å². The average Bonchev–Trinajstić information content (AvgIpc) is 2.74. The first-order valence-electron chi connectivity index (χ1n) is 10.6. The van der Waals surface area contributed by atoms with E-state index >= 15 is 0 Å². The number of nitrogens with one attached hydrogen (secondary N) is 1. The van der Waals surface area contributed by atoms with E-state index in [-0.39, 0.29) is 18.2 Å². The van der Waals surface area contributed by atoms with Gasteiger partial charge < -0.3 is 15.0 Å². The summed E-state index contributed by atoms with van der Waals surface area (Å²) in [4.78, 5) is 27.7. The molecule has 2 rings (SSSR count). The first-order valence-corrected chi connectivity index (χ1v) is 10.6. The van der Waals surface area contributed by atoms with Crippen LogP contribution in [0, 0.1) is 13.8 Å². The first-order chi connectivity index (χ1) is 14.3. The molecule has 0 fully saturated rings. The van der Waals surface area contributed by atoms with Gasteiger partial charge in [0.2, 0.25) is 11.8 Å². The van der Waals surface area contributed by atoms with Crippen LogP contribution in [0.25, 0.3) is 0 Å². The fourth-order valence-corrected chi connectivity index (χ4v) is 3.30. The van der Waals surface area contributed by atoms with Gasteiger partial charge in [0.05, 0.1) is 13.5 Å². The van der Waals surface area contributed by atoms with Crippen LogP contribution in [-0.4, -0.2) is 36.4 Å². The second kappa shape index (κ2) is 11.4. The zero-order valence-corrected chi connectivity index (χ0v) is 18.8. The van der Waals surface area contributed by atoms with E-state index in [0.29, 0.717) is 13.1 Å². The van der Waals surface area contributed by atoms with Gasteiger partial charge in [-0.05, 0) is 56.0 Å². The van der Waals surface area contributed by atoms with E-state index in [1.165, 1.54) is 0 Å². The van der Waals surface area contributed by atoms with Crippen molar-refractivity contribution in [1.29, 1.82) is 0 Å². The summed E-state index contributed by atoms with van der Waals surface area (Å²) >= 11 is 0. The number of amides is 2. The summed E-state index contributed by atoms with van der Waals surface area (Å²) in [6.07, 6.45) is 2.21. The van der Waals surface area contributed by atoms with Crippen molar-refractivity contribution in [2.75, 3.05) is 13.7 Å². The number of aryl methyl sites for hydroxylation is 2. The molecular formula is C25H34N2O3. The number of nitrogens with zero attached hydrogens (tertiary/aromatic N) is 1. The quantitative estimate of drug-likeness (QED) is 0.598. The van der Waals surface area contributed by atoms with Gasteiger partial charge in [-0.15, -0.1) is 0 Å². The number of hydrogen-bond donors (Lipinski definition) is 1. The first kappa shape index (κ1) is 23.5. The lowest BCUT2D eigenvalue weighted by Crippen LogP contribution is -2.48. The van der Waals surface area contributed by atoms with Crippen LogP contribution in [0.1, 0.15) is 48.9 Å². The molecule has 0 aliphatic carbocycles. The van der Waals surface area contributed by atoms with E-state index in [1.54, 1.807) is 18.9 Å². The van der Waals surface area contributed by atoms with Crippen molar-refractivity contribution < 1.29 is 14.3 Å². The van der Waals surface area contributed by atoms with Crippen LogP contribution in [0.15, 0.2) is 42.5 Å². The zero-order chi connectivity index (χ0) is 22.1. The number of rotatable bonds is 10. The Morgan fingerprint density at radius 1 is 1.10 bits per heavy atom. The molecule has 1 atom stereocenters. The zero-order valence-electron chi connectivity index (χ0n) is 18.8. The lowest BCUT2D eigenvalue weighted by Gasteiger charge is -2.29. The molecule has 0 heterocycles. The van der Waals surface area contributed by atoms with Gasteiger partial charge in [0.25, 0.3) is 0 Å². The van der Waals surface area contributed by atoms with E-state index in [1.807, 2.05) is 56.3 Å². The molecule has 0 aliphatic rings. The van der Waals surface area contributed by atoms with Crippen LogP contribution < -0.4 is 10.1 Å². The molecule has 1 unspecified atom stereocenters. The summed E-state index contributed by atoms with van der Waals surface area (Å²) in [6, 6.07) is 13.2. The topological polar surface area (TPSA) is 58.6 Å². The second-order valence-electron chi connectivity index (χ2n) is 7.80.